The molecule has 0 saturated heterocycles. The molecule has 22 heavy (non-hydrogen) atoms. The van der Waals surface area contributed by atoms with Crippen LogP contribution in [0.2, 0.25) is 0 Å². The van der Waals surface area contributed by atoms with Gasteiger partial charge in [-0.05, 0) is 54.1 Å². The molecule has 0 fully saturated rings. The Morgan fingerprint density at radius 1 is 1.41 bits per heavy atom. The first-order valence-corrected chi connectivity index (χ1v) is 8.26. The largest absolute Gasteiger partial charge is 0.497 e. The third-order valence-electron chi connectivity index (χ3n) is 4.07. The van der Waals surface area contributed by atoms with E-state index < -0.39 is 0 Å². The van der Waals surface area contributed by atoms with Gasteiger partial charge in [0.1, 0.15) is 5.75 Å². The molecule has 0 N–H and O–H groups in total. The second-order valence-corrected chi connectivity index (χ2v) is 6.37. The normalized spacial score (nSPS) is 17.5. The van der Waals surface area contributed by atoms with E-state index in [4.69, 9.17) is 4.74 Å². The fourth-order valence-electron chi connectivity index (χ4n) is 2.82. The summed E-state index contributed by atoms with van der Waals surface area (Å²) in [6.45, 7) is 2.89. The number of fused-ring (bicyclic) bond motifs is 1. The molecule has 0 radical (unpaired) electrons. The first kappa shape index (κ1) is 14.9. The highest BCUT2D eigenvalue weighted by Gasteiger charge is 2.26. The number of methoxy groups -OCH3 is 1. The van der Waals surface area contributed by atoms with Gasteiger partial charge < -0.3 is 9.64 Å². The lowest BCUT2D eigenvalue weighted by Gasteiger charge is -2.32. The molecule has 1 unspecified atom stereocenters. The van der Waals surface area contributed by atoms with Crippen LogP contribution >= 0.6 is 11.3 Å². The van der Waals surface area contributed by atoms with E-state index in [2.05, 4.69) is 18.4 Å². The molecular weight excluding hydrogens is 294 g/mol. The smallest absolute Gasteiger partial charge is 0.247 e. The highest BCUT2D eigenvalue weighted by Crippen LogP contribution is 2.32. The molecule has 2 aromatic rings. The van der Waals surface area contributed by atoms with Gasteiger partial charge in [0.05, 0.1) is 13.2 Å². The number of hydrogen-bond acceptors (Lipinski definition) is 3. The van der Waals surface area contributed by atoms with Crippen molar-refractivity contribution in [1.29, 1.82) is 0 Å². The number of amides is 1. The van der Waals surface area contributed by atoms with Crippen LogP contribution in [-0.2, 0) is 11.2 Å². The van der Waals surface area contributed by atoms with Crippen molar-refractivity contribution >= 4 is 23.3 Å². The Hall–Kier alpha value is -2.07. The topological polar surface area (TPSA) is 29.5 Å². The van der Waals surface area contributed by atoms with Gasteiger partial charge in [-0.3, -0.25) is 4.79 Å². The van der Waals surface area contributed by atoms with E-state index in [-0.39, 0.29) is 11.9 Å². The van der Waals surface area contributed by atoms with Gasteiger partial charge in [0, 0.05) is 17.5 Å². The molecule has 1 aromatic carbocycles. The van der Waals surface area contributed by atoms with Crippen molar-refractivity contribution in [3.8, 4) is 5.75 Å². The maximum atomic E-state index is 12.5. The zero-order valence-electron chi connectivity index (χ0n) is 12.8. The van der Waals surface area contributed by atoms with Crippen molar-refractivity contribution in [2.45, 2.75) is 19.4 Å². The standard InChI is InChI=1S/C18H19NO2S/c1-13-16-9-11-22-17(16)8-10-19(13)18(20)7-6-14-4-3-5-15(12-14)21-2/h3-7,9,11-13H,8,10H2,1-2H3/b7-6+. The molecule has 1 amide bonds. The summed E-state index contributed by atoms with van der Waals surface area (Å²) in [5.41, 5.74) is 2.26. The monoisotopic (exact) mass is 313 g/mol. The van der Waals surface area contributed by atoms with Crippen LogP contribution in [0.1, 0.15) is 29.0 Å². The number of carbonyl (C=O) groups is 1. The summed E-state index contributed by atoms with van der Waals surface area (Å²) in [6.07, 6.45) is 4.46. The van der Waals surface area contributed by atoms with E-state index in [1.165, 1.54) is 10.4 Å². The Morgan fingerprint density at radius 2 is 2.27 bits per heavy atom. The average molecular weight is 313 g/mol. The maximum Gasteiger partial charge on any atom is 0.247 e. The quantitative estimate of drug-likeness (QED) is 0.804. The molecular formula is C18H19NO2S. The Kier molecular flexibility index (Phi) is 4.29. The van der Waals surface area contributed by atoms with Crippen LogP contribution in [0.3, 0.4) is 0 Å². The molecule has 1 aromatic heterocycles. The van der Waals surface area contributed by atoms with Crippen LogP contribution in [0.5, 0.6) is 5.75 Å². The SMILES string of the molecule is COc1cccc(/C=C/C(=O)N2CCc3sccc3C2C)c1. The number of nitrogens with zero attached hydrogens (tertiary/aromatic N) is 1. The zero-order chi connectivity index (χ0) is 15.5. The van der Waals surface area contributed by atoms with Gasteiger partial charge in [0.25, 0.3) is 0 Å². The number of carbonyl (C=O) groups excluding carboxylic acids is 1. The molecule has 3 nitrogen and oxygen atoms in total. The van der Waals surface area contributed by atoms with Crippen molar-refractivity contribution in [3.63, 3.8) is 0 Å². The third kappa shape index (κ3) is 2.92. The fraction of sp³-hybridized carbons (Fsp3) is 0.278. The van der Waals surface area contributed by atoms with E-state index in [1.54, 1.807) is 24.5 Å². The van der Waals surface area contributed by atoms with Crippen LogP contribution in [0.15, 0.2) is 41.8 Å². The van der Waals surface area contributed by atoms with Gasteiger partial charge in [-0.25, -0.2) is 0 Å². The summed E-state index contributed by atoms with van der Waals surface area (Å²) in [6, 6.07) is 9.98. The number of benzene rings is 1. The lowest BCUT2D eigenvalue weighted by Crippen LogP contribution is -2.37. The number of rotatable bonds is 3. The lowest BCUT2D eigenvalue weighted by molar-refractivity contribution is -0.128. The second-order valence-electron chi connectivity index (χ2n) is 5.37. The van der Waals surface area contributed by atoms with E-state index in [0.29, 0.717) is 0 Å². The number of thiophene rings is 1. The number of ether oxygens (including phenoxy) is 1. The Morgan fingerprint density at radius 3 is 3.09 bits per heavy atom. The molecule has 0 bridgehead atoms. The minimum atomic E-state index is 0.0622. The molecule has 4 heteroatoms. The maximum absolute atomic E-state index is 12.5. The van der Waals surface area contributed by atoms with Gasteiger partial charge in [-0.2, -0.15) is 0 Å². The van der Waals surface area contributed by atoms with Gasteiger partial charge in [-0.1, -0.05) is 12.1 Å². The zero-order valence-corrected chi connectivity index (χ0v) is 13.6. The fourth-order valence-corrected chi connectivity index (χ4v) is 3.78. The summed E-state index contributed by atoms with van der Waals surface area (Å²) in [4.78, 5) is 15.8. The molecule has 0 aliphatic carbocycles. The van der Waals surface area contributed by atoms with Crippen molar-refractivity contribution in [2.75, 3.05) is 13.7 Å². The molecule has 0 saturated carbocycles. The van der Waals surface area contributed by atoms with Gasteiger partial charge in [-0.15, -0.1) is 11.3 Å². The average Bonchev–Trinajstić information content (AvgIpc) is 3.03. The van der Waals surface area contributed by atoms with Crippen LogP contribution in [0.25, 0.3) is 6.08 Å². The first-order valence-electron chi connectivity index (χ1n) is 7.38. The number of hydrogen-bond donors (Lipinski definition) is 0. The van der Waals surface area contributed by atoms with Crippen molar-refractivity contribution in [3.05, 3.63) is 57.8 Å². The molecule has 0 spiro atoms. The Bertz CT molecular complexity index is 705. The molecule has 1 aliphatic rings. The molecule has 2 heterocycles. The predicted molar refractivity (Wildman–Crippen MR) is 90.2 cm³/mol. The third-order valence-corrected chi connectivity index (χ3v) is 5.07. The summed E-state index contributed by atoms with van der Waals surface area (Å²) in [7, 11) is 1.64. The van der Waals surface area contributed by atoms with Gasteiger partial charge in [0.2, 0.25) is 5.91 Å². The van der Waals surface area contributed by atoms with Crippen LogP contribution in [-0.4, -0.2) is 24.5 Å². The summed E-state index contributed by atoms with van der Waals surface area (Å²) >= 11 is 1.79. The molecule has 1 aliphatic heterocycles. The summed E-state index contributed by atoms with van der Waals surface area (Å²) in [5, 5.41) is 2.11. The highest BCUT2D eigenvalue weighted by atomic mass is 32.1. The molecule has 114 valence electrons. The summed E-state index contributed by atoms with van der Waals surface area (Å²) in [5.74, 6) is 0.857. The molecule has 3 rings (SSSR count). The van der Waals surface area contributed by atoms with Crippen molar-refractivity contribution in [1.82, 2.24) is 4.90 Å². The minimum Gasteiger partial charge on any atom is -0.497 e. The minimum absolute atomic E-state index is 0.0622. The predicted octanol–water partition coefficient (Wildman–Crippen LogP) is 3.92. The van der Waals surface area contributed by atoms with Crippen LogP contribution in [0, 0.1) is 0 Å². The van der Waals surface area contributed by atoms with E-state index in [9.17, 15) is 4.79 Å². The lowest BCUT2D eigenvalue weighted by atomic mass is 10.0. The Labute approximate surface area is 134 Å². The van der Waals surface area contributed by atoms with Crippen molar-refractivity contribution < 1.29 is 9.53 Å². The van der Waals surface area contributed by atoms with Gasteiger partial charge in [0.15, 0.2) is 0 Å². The Balaban J connectivity index is 1.73. The molecule has 1 atom stereocenters. The van der Waals surface area contributed by atoms with E-state index >= 15 is 0 Å². The summed E-state index contributed by atoms with van der Waals surface area (Å²) < 4.78 is 5.20. The first-order chi connectivity index (χ1) is 10.7. The van der Waals surface area contributed by atoms with Crippen molar-refractivity contribution in [2.24, 2.45) is 0 Å². The highest BCUT2D eigenvalue weighted by molar-refractivity contribution is 7.10. The van der Waals surface area contributed by atoms with E-state index in [0.717, 1.165) is 24.3 Å². The van der Waals surface area contributed by atoms with Crippen LogP contribution in [0.4, 0.5) is 0 Å². The van der Waals surface area contributed by atoms with Crippen LogP contribution < -0.4 is 4.74 Å². The second kappa shape index (κ2) is 6.36. The van der Waals surface area contributed by atoms with E-state index in [1.807, 2.05) is 35.2 Å². The van der Waals surface area contributed by atoms with Gasteiger partial charge >= 0.3 is 0 Å².